The van der Waals surface area contributed by atoms with E-state index in [1.165, 1.54) is 61.8 Å². The molecule has 2 aliphatic carbocycles. The average molecular weight is 419 g/mol. The molecule has 0 bridgehead atoms. The van der Waals surface area contributed by atoms with Crippen molar-refractivity contribution in [1.29, 1.82) is 0 Å². The van der Waals surface area contributed by atoms with E-state index in [9.17, 15) is 4.79 Å². The number of aromatic amines is 1. The molecule has 1 amide bonds. The molecule has 2 fully saturated rings. The topological polar surface area (TPSA) is 95.1 Å². The van der Waals surface area contributed by atoms with Gasteiger partial charge in [0.05, 0.1) is 5.57 Å². The number of carbonyl (C=O) groups is 1. The van der Waals surface area contributed by atoms with Crippen LogP contribution >= 0.6 is 0 Å². The fraction of sp³-hybridized carbons (Fsp3) is 0.500. The highest BCUT2D eigenvalue weighted by atomic mass is 16.2. The fourth-order valence-corrected chi connectivity index (χ4v) is 4.53. The Hall–Kier alpha value is -2.80. The van der Waals surface area contributed by atoms with Gasteiger partial charge < -0.3 is 10.3 Å². The Morgan fingerprint density at radius 1 is 1.16 bits per heavy atom. The van der Waals surface area contributed by atoms with Crippen molar-refractivity contribution in [2.45, 2.75) is 70.3 Å². The van der Waals surface area contributed by atoms with Crippen LogP contribution in [0.25, 0.3) is 6.08 Å². The first kappa shape index (κ1) is 20.1. The van der Waals surface area contributed by atoms with Crippen LogP contribution in [-0.4, -0.2) is 39.2 Å². The molecule has 3 heterocycles. The van der Waals surface area contributed by atoms with Crippen molar-refractivity contribution in [3.05, 3.63) is 52.4 Å². The molecule has 2 aromatic rings. The van der Waals surface area contributed by atoms with Gasteiger partial charge in [-0.25, -0.2) is 15.4 Å². The van der Waals surface area contributed by atoms with Gasteiger partial charge in [0.2, 0.25) is 0 Å². The van der Waals surface area contributed by atoms with Gasteiger partial charge >= 0.3 is 0 Å². The maximum Gasteiger partial charge on any atom is 0.273 e. The lowest BCUT2D eigenvalue weighted by Gasteiger charge is -2.26. The fourth-order valence-electron chi connectivity index (χ4n) is 4.53. The third kappa shape index (κ3) is 4.32. The number of unbranched alkanes of at least 4 members (excludes halogenated alkanes) is 1. The van der Waals surface area contributed by atoms with Crippen molar-refractivity contribution in [2.75, 3.05) is 6.54 Å². The minimum absolute atomic E-state index is 0.208. The molecule has 5 rings (SSSR count). The molecule has 0 aromatic carbocycles. The number of nitrogens with zero attached hydrogens (tertiary/aromatic N) is 3. The molecule has 0 saturated heterocycles. The van der Waals surface area contributed by atoms with Gasteiger partial charge in [0.1, 0.15) is 5.71 Å². The zero-order chi connectivity index (χ0) is 21.2. The van der Waals surface area contributed by atoms with E-state index >= 15 is 0 Å². The number of hydrogen-bond donors (Lipinski definition) is 3. The number of hydrogen-bond acceptors (Lipinski definition) is 5. The number of nitrogens with one attached hydrogen (secondary N) is 3. The van der Waals surface area contributed by atoms with Crippen LogP contribution in [0, 0.1) is 6.92 Å². The molecular formula is C24H30N6O. The zero-order valence-electron chi connectivity index (χ0n) is 18.1. The molecule has 162 valence electrons. The molecule has 7 heteroatoms. The summed E-state index contributed by atoms with van der Waals surface area (Å²) in [5.41, 5.74) is 8.68. The lowest BCUT2D eigenvalue weighted by Crippen LogP contribution is -2.35. The van der Waals surface area contributed by atoms with Crippen LogP contribution in [0.5, 0.6) is 0 Å². The van der Waals surface area contributed by atoms with Crippen molar-refractivity contribution in [1.82, 2.24) is 25.7 Å². The van der Waals surface area contributed by atoms with Gasteiger partial charge in [-0.3, -0.25) is 4.79 Å². The molecule has 0 unspecified atom stereocenters. The third-order valence-electron chi connectivity index (χ3n) is 6.60. The van der Waals surface area contributed by atoms with Gasteiger partial charge in [0.15, 0.2) is 5.82 Å². The lowest BCUT2D eigenvalue weighted by molar-refractivity contribution is -0.116. The van der Waals surface area contributed by atoms with Crippen LogP contribution in [-0.2, 0) is 11.2 Å². The number of aromatic nitrogens is 3. The van der Waals surface area contributed by atoms with Crippen LogP contribution in [0.15, 0.2) is 29.1 Å². The molecule has 2 aromatic heterocycles. The highest BCUT2D eigenvalue weighted by molar-refractivity contribution is 6.32. The van der Waals surface area contributed by atoms with Gasteiger partial charge in [0, 0.05) is 29.8 Å². The quantitative estimate of drug-likeness (QED) is 0.430. The molecule has 3 aliphatic rings. The van der Waals surface area contributed by atoms with Gasteiger partial charge in [-0.2, -0.15) is 5.10 Å². The minimum atomic E-state index is -0.208. The van der Waals surface area contributed by atoms with Crippen LogP contribution in [0.4, 0.5) is 0 Å². The van der Waals surface area contributed by atoms with Crippen LogP contribution < -0.4 is 10.7 Å². The molecule has 0 radical (unpaired) electrons. The number of carbonyl (C=O) groups excluding carboxylic acids is 1. The predicted molar refractivity (Wildman–Crippen MR) is 121 cm³/mol. The van der Waals surface area contributed by atoms with Crippen molar-refractivity contribution in [3.8, 4) is 0 Å². The maximum absolute atomic E-state index is 12.5. The summed E-state index contributed by atoms with van der Waals surface area (Å²) in [5, 5.41) is 7.84. The number of aryl methyl sites for hydroxylation is 1. The summed E-state index contributed by atoms with van der Waals surface area (Å²) in [7, 11) is 0. The monoisotopic (exact) mass is 418 g/mol. The Bertz CT molecular complexity index is 1010. The Morgan fingerprint density at radius 3 is 2.68 bits per heavy atom. The van der Waals surface area contributed by atoms with Gasteiger partial charge in [-0.15, -0.1) is 0 Å². The van der Waals surface area contributed by atoms with Gasteiger partial charge in [-0.05, 0) is 87.6 Å². The second-order valence-corrected chi connectivity index (χ2v) is 8.90. The molecule has 1 aliphatic heterocycles. The van der Waals surface area contributed by atoms with Crippen molar-refractivity contribution in [2.24, 2.45) is 5.10 Å². The first-order chi connectivity index (χ1) is 15.2. The van der Waals surface area contributed by atoms with E-state index in [1.54, 1.807) is 18.5 Å². The van der Waals surface area contributed by atoms with Crippen LogP contribution in [0.1, 0.15) is 79.2 Å². The smallest absolute Gasteiger partial charge is 0.273 e. The standard InChI is InChI=1S/C24H30N6O/c1-15-18(8-2-3-11-25-17-6-4-7-17)21(16-9-10-16)20(28-15)14-19-22(29-30-24(19)31)23-26-12-5-13-27-23/h5,12-14,16-17,25,28H,2-4,6-11H2,1H3,(H,30,31). The molecule has 31 heavy (non-hydrogen) atoms. The second kappa shape index (κ2) is 8.75. The van der Waals surface area contributed by atoms with Crippen molar-refractivity contribution in [3.63, 3.8) is 0 Å². The van der Waals surface area contributed by atoms with Crippen molar-refractivity contribution >= 4 is 17.7 Å². The molecule has 7 nitrogen and oxygen atoms in total. The van der Waals surface area contributed by atoms with E-state index in [0.717, 1.165) is 24.7 Å². The van der Waals surface area contributed by atoms with Gasteiger partial charge in [0.25, 0.3) is 5.91 Å². The third-order valence-corrected chi connectivity index (χ3v) is 6.60. The maximum atomic E-state index is 12.5. The largest absolute Gasteiger partial charge is 0.359 e. The molecule has 0 atom stereocenters. The SMILES string of the molecule is Cc1[nH]c(C=C2C(=O)NN=C2c2ncccn2)c(C2CC2)c1CCCCNC1CCC1. The van der Waals surface area contributed by atoms with E-state index in [1.807, 2.05) is 6.08 Å². The van der Waals surface area contributed by atoms with Crippen molar-refractivity contribution < 1.29 is 4.79 Å². The summed E-state index contributed by atoms with van der Waals surface area (Å²) in [4.78, 5) is 24.6. The summed E-state index contributed by atoms with van der Waals surface area (Å²) in [6.45, 7) is 3.26. The van der Waals surface area contributed by atoms with E-state index < -0.39 is 0 Å². The summed E-state index contributed by atoms with van der Waals surface area (Å²) >= 11 is 0. The van der Waals surface area contributed by atoms with E-state index in [4.69, 9.17) is 0 Å². The lowest BCUT2D eigenvalue weighted by atomic mass is 9.93. The summed E-state index contributed by atoms with van der Waals surface area (Å²) in [6, 6.07) is 2.52. The zero-order valence-corrected chi connectivity index (χ0v) is 18.1. The van der Waals surface area contributed by atoms with E-state index in [2.05, 4.69) is 37.7 Å². The van der Waals surface area contributed by atoms with E-state index in [-0.39, 0.29) is 5.91 Å². The Labute approximate surface area is 182 Å². The molecule has 3 N–H and O–H groups in total. The molecular weight excluding hydrogens is 388 g/mol. The summed E-state index contributed by atoms with van der Waals surface area (Å²) < 4.78 is 0. The number of rotatable bonds is 9. The highest BCUT2D eigenvalue weighted by Gasteiger charge is 2.32. The second-order valence-electron chi connectivity index (χ2n) is 8.90. The van der Waals surface area contributed by atoms with Crippen LogP contribution in [0.3, 0.4) is 0 Å². The Kier molecular flexibility index (Phi) is 5.68. The number of hydrazone groups is 1. The minimum Gasteiger partial charge on any atom is -0.359 e. The van der Waals surface area contributed by atoms with Crippen LogP contribution in [0.2, 0.25) is 0 Å². The molecule has 0 spiro atoms. The Morgan fingerprint density at radius 2 is 1.97 bits per heavy atom. The average Bonchev–Trinajstić information content (AvgIpc) is 3.45. The highest BCUT2D eigenvalue weighted by Crippen LogP contribution is 2.45. The first-order valence-electron chi connectivity index (χ1n) is 11.5. The normalized spacial score (nSPS) is 20.1. The number of amides is 1. The van der Waals surface area contributed by atoms with E-state index in [0.29, 0.717) is 23.0 Å². The Balaban J connectivity index is 1.35. The molecule has 2 saturated carbocycles. The predicted octanol–water partition coefficient (Wildman–Crippen LogP) is 3.37. The first-order valence-corrected chi connectivity index (χ1v) is 11.5. The summed E-state index contributed by atoms with van der Waals surface area (Å²) in [5.74, 6) is 0.848. The number of H-pyrrole nitrogens is 1. The summed E-state index contributed by atoms with van der Waals surface area (Å²) in [6.07, 6.45) is 15.2. The van der Waals surface area contributed by atoms with Gasteiger partial charge in [-0.1, -0.05) is 6.42 Å².